The van der Waals surface area contributed by atoms with Crippen LogP contribution in [0.4, 0.5) is 5.69 Å². The molecule has 0 unspecified atom stereocenters. The van der Waals surface area contributed by atoms with Crippen molar-refractivity contribution in [2.45, 2.75) is 33.1 Å². The van der Waals surface area contributed by atoms with Crippen LogP contribution in [0.15, 0.2) is 36.4 Å². The lowest BCUT2D eigenvalue weighted by Crippen LogP contribution is -2.21. The lowest BCUT2D eigenvalue weighted by atomic mass is 10.0. The SMILES string of the molecule is CCCc1c(OCCCOc2cccc(NC(=O)C(=O)O)c2)ccc(C(C)=O)c1O. The third-order valence-electron chi connectivity index (χ3n) is 4.22. The second-order valence-electron chi connectivity index (χ2n) is 6.58. The number of amides is 1. The maximum atomic E-state index is 11.6. The average molecular weight is 415 g/mol. The normalized spacial score (nSPS) is 10.3. The van der Waals surface area contributed by atoms with Crippen LogP contribution in [0.2, 0.25) is 0 Å². The number of carbonyl (C=O) groups is 3. The number of hydrogen-bond donors (Lipinski definition) is 3. The van der Waals surface area contributed by atoms with E-state index in [1.54, 1.807) is 30.3 Å². The molecular weight excluding hydrogens is 390 g/mol. The lowest BCUT2D eigenvalue weighted by Gasteiger charge is -2.15. The number of benzene rings is 2. The smallest absolute Gasteiger partial charge is 0.394 e. The van der Waals surface area contributed by atoms with Gasteiger partial charge in [-0.1, -0.05) is 19.4 Å². The summed E-state index contributed by atoms with van der Waals surface area (Å²) >= 11 is 0. The summed E-state index contributed by atoms with van der Waals surface area (Å²) in [5.74, 6) is -1.90. The molecule has 2 rings (SSSR count). The van der Waals surface area contributed by atoms with Gasteiger partial charge in [0, 0.05) is 23.7 Å². The van der Waals surface area contributed by atoms with Gasteiger partial charge in [0.2, 0.25) is 0 Å². The third-order valence-corrected chi connectivity index (χ3v) is 4.22. The number of rotatable bonds is 10. The van der Waals surface area contributed by atoms with E-state index in [4.69, 9.17) is 14.6 Å². The summed E-state index contributed by atoms with van der Waals surface area (Å²) in [6, 6.07) is 9.66. The molecular formula is C22H25NO7. The van der Waals surface area contributed by atoms with Gasteiger partial charge in [-0.2, -0.15) is 0 Å². The number of ether oxygens (including phenoxy) is 2. The zero-order chi connectivity index (χ0) is 22.1. The standard InChI is InChI=1S/C22H25NO7/c1-3-6-18-19(10-9-17(14(2)24)20(18)25)30-12-5-11-29-16-8-4-7-15(13-16)23-21(26)22(27)28/h4,7-10,13,25H,3,5-6,11-12H2,1-2H3,(H,23,26)(H,27,28). The summed E-state index contributed by atoms with van der Waals surface area (Å²) in [4.78, 5) is 33.4. The highest BCUT2D eigenvalue weighted by atomic mass is 16.5. The first-order chi connectivity index (χ1) is 14.3. The van der Waals surface area contributed by atoms with Crippen LogP contribution in [0.3, 0.4) is 0 Å². The van der Waals surface area contributed by atoms with Gasteiger partial charge in [0.15, 0.2) is 5.78 Å². The Balaban J connectivity index is 1.89. The Morgan fingerprint density at radius 3 is 2.47 bits per heavy atom. The molecule has 0 saturated heterocycles. The van der Waals surface area contributed by atoms with Crippen molar-refractivity contribution in [2.24, 2.45) is 0 Å². The molecule has 0 saturated carbocycles. The molecule has 0 atom stereocenters. The highest BCUT2D eigenvalue weighted by Gasteiger charge is 2.16. The molecule has 0 spiro atoms. The largest absolute Gasteiger partial charge is 0.507 e. The number of nitrogens with one attached hydrogen (secondary N) is 1. The van der Waals surface area contributed by atoms with Crippen molar-refractivity contribution in [3.8, 4) is 17.2 Å². The summed E-state index contributed by atoms with van der Waals surface area (Å²) in [7, 11) is 0. The lowest BCUT2D eigenvalue weighted by molar-refractivity contribution is -0.147. The van der Waals surface area contributed by atoms with E-state index in [1.165, 1.54) is 13.0 Å². The number of aromatic hydroxyl groups is 1. The van der Waals surface area contributed by atoms with Crippen LogP contribution in [0.25, 0.3) is 0 Å². The fraction of sp³-hybridized carbons (Fsp3) is 0.318. The quantitative estimate of drug-likeness (QED) is 0.309. The number of hydrogen-bond acceptors (Lipinski definition) is 6. The number of phenols is 1. The van der Waals surface area contributed by atoms with Crippen LogP contribution < -0.4 is 14.8 Å². The van der Waals surface area contributed by atoms with Gasteiger partial charge in [0.25, 0.3) is 0 Å². The minimum atomic E-state index is -1.57. The molecule has 1 amide bonds. The summed E-state index contributed by atoms with van der Waals surface area (Å²) in [6.45, 7) is 4.05. The van der Waals surface area contributed by atoms with Gasteiger partial charge in [0.1, 0.15) is 17.2 Å². The van der Waals surface area contributed by atoms with Gasteiger partial charge in [-0.15, -0.1) is 0 Å². The number of phenolic OH excluding ortho intramolecular Hbond substituents is 1. The highest BCUT2D eigenvalue weighted by molar-refractivity contribution is 6.36. The molecule has 0 aromatic heterocycles. The van der Waals surface area contributed by atoms with E-state index in [-0.39, 0.29) is 17.1 Å². The van der Waals surface area contributed by atoms with E-state index in [1.807, 2.05) is 6.92 Å². The molecule has 160 valence electrons. The van der Waals surface area contributed by atoms with Crippen molar-refractivity contribution < 1.29 is 34.1 Å². The number of carboxylic acid groups (broad SMARTS) is 1. The molecule has 0 bridgehead atoms. The Bertz CT molecular complexity index is 924. The van der Waals surface area contributed by atoms with Crippen molar-refractivity contribution in [2.75, 3.05) is 18.5 Å². The van der Waals surface area contributed by atoms with Crippen LogP contribution in [-0.4, -0.2) is 41.1 Å². The molecule has 2 aromatic rings. The molecule has 8 heteroatoms. The molecule has 0 heterocycles. The van der Waals surface area contributed by atoms with Crippen LogP contribution >= 0.6 is 0 Å². The summed E-state index contributed by atoms with van der Waals surface area (Å²) in [5.41, 5.74) is 1.22. The second kappa shape index (κ2) is 10.8. The minimum absolute atomic E-state index is 0.0293. The van der Waals surface area contributed by atoms with Crippen LogP contribution in [0.1, 0.15) is 42.6 Å². The number of carboxylic acids is 1. The van der Waals surface area contributed by atoms with Crippen molar-refractivity contribution in [1.29, 1.82) is 0 Å². The number of anilines is 1. The topological polar surface area (TPSA) is 122 Å². The molecule has 0 aliphatic carbocycles. The van der Waals surface area contributed by atoms with Gasteiger partial charge in [-0.3, -0.25) is 9.59 Å². The molecule has 0 aliphatic heterocycles. The molecule has 2 aromatic carbocycles. The molecule has 3 N–H and O–H groups in total. The van der Waals surface area contributed by atoms with Gasteiger partial charge in [0.05, 0.1) is 18.8 Å². The zero-order valence-electron chi connectivity index (χ0n) is 16.9. The number of ketones is 1. The maximum absolute atomic E-state index is 11.6. The fourth-order valence-electron chi connectivity index (χ4n) is 2.81. The van der Waals surface area contributed by atoms with Gasteiger partial charge in [-0.05, 0) is 37.6 Å². The highest BCUT2D eigenvalue weighted by Crippen LogP contribution is 2.33. The minimum Gasteiger partial charge on any atom is -0.507 e. The van der Waals surface area contributed by atoms with Crippen molar-refractivity contribution in [3.05, 3.63) is 47.5 Å². The average Bonchev–Trinajstić information content (AvgIpc) is 2.70. The van der Waals surface area contributed by atoms with E-state index in [0.29, 0.717) is 48.8 Å². The second-order valence-corrected chi connectivity index (χ2v) is 6.58. The predicted molar refractivity (Wildman–Crippen MR) is 110 cm³/mol. The van der Waals surface area contributed by atoms with Gasteiger partial charge < -0.3 is 25.0 Å². The molecule has 0 fully saturated rings. The first-order valence-corrected chi connectivity index (χ1v) is 9.59. The monoisotopic (exact) mass is 415 g/mol. The van der Waals surface area contributed by atoms with Gasteiger partial charge >= 0.3 is 11.9 Å². The molecule has 0 aliphatic rings. The van der Waals surface area contributed by atoms with Crippen LogP contribution in [0.5, 0.6) is 17.2 Å². The Labute approximate surface area is 174 Å². The van der Waals surface area contributed by atoms with Crippen molar-refractivity contribution in [3.63, 3.8) is 0 Å². The number of carbonyl (C=O) groups excluding carboxylic acids is 2. The van der Waals surface area contributed by atoms with E-state index < -0.39 is 11.9 Å². The van der Waals surface area contributed by atoms with E-state index in [2.05, 4.69) is 5.32 Å². The number of aliphatic carboxylic acids is 1. The first kappa shape index (κ1) is 22.7. The van der Waals surface area contributed by atoms with E-state index in [9.17, 15) is 19.5 Å². The Kier molecular flexibility index (Phi) is 8.22. The third kappa shape index (κ3) is 6.23. The Hall–Kier alpha value is -3.55. The van der Waals surface area contributed by atoms with Crippen molar-refractivity contribution >= 4 is 23.3 Å². The van der Waals surface area contributed by atoms with Crippen molar-refractivity contribution in [1.82, 2.24) is 0 Å². The first-order valence-electron chi connectivity index (χ1n) is 9.59. The molecule has 0 radical (unpaired) electrons. The Morgan fingerprint density at radius 1 is 1.07 bits per heavy atom. The predicted octanol–water partition coefficient (Wildman–Crippen LogP) is 3.42. The summed E-state index contributed by atoms with van der Waals surface area (Å²) in [5, 5.41) is 21.2. The molecule has 30 heavy (non-hydrogen) atoms. The maximum Gasteiger partial charge on any atom is 0.394 e. The van der Waals surface area contributed by atoms with Crippen LogP contribution in [-0.2, 0) is 16.0 Å². The Morgan fingerprint density at radius 2 is 1.80 bits per heavy atom. The molecule has 8 nitrogen and oxygen atoms in total. The summed E-state index contributed by atoms with van der Waals surface area (Å²) < 4.78 is 11.4. The zero-order valence-corrected chi connectivity index (χ0v) is 16.9. The fourth-order valence-corrected chi connectivity index (χ4v) is 2.81. The van der Waals surface area contributed by atoms with Gasteiger partial charge in [-0.25, -0.2) is 4.79 Å². The van der Waals surface area contributed by atoms with E-state index >= 15 is 0 Å². The number of Topliss-reactive ketones (excluding diaryl/α,β-unsaturated/α-hetero) is 1. The van der Waals surface area contributed by atoms with Crippen LogP contribution in [0, 0.1) is 0 Å². The summed E-state index contributed by atoms with van der Waals surface area (Å²) in [6.07, 6.45) is 1.93. The van der Waals surface area contributed by atoms with E-state index in [0.717, 1.165) is 6.42 Å².